The van der Waals surface area contributed by atoms with Gasteiger partial charge in [-0.1, -0.05) is 25.1 Å². The fourth-order valence-electron chi connectivity index (χ4n) is 3.52. The predicted molar refractivity (Wildman–Crippen MR) is 107 cm³/mol. The van der Waals surface area contributed by atoms with Crippen molar-refractivity contribution in [3.8, 4) is 0 Å². The maximum atomic E-state index is 12.7. The molecule has 0 aliphatic carbocycles. The molecule has 1 aliphatic rings. The third-order valence-electron chi connectivity index (χ3n) is 5.05. The molecule has 1 fully saturated rings. The maximum Gasteiger partial charge on any atom is 0.290 e. The summed E-state index contributed by atoms with van der Waals surface area (Å²) >= 11 is 0. The normalized spacial score (nSPS) is 16.5. The number of hydrogen-bond donors (Lipinski definition) is 2. The highest BCUT2D eigenvalue weighted by Gasteiger charge is 2.27. The van der Waals surface area contributed by atoms with E-state index in [2.05, 4.69) is 16.0 Å². The van der Waals surface area contributed by atoms with Gasteiger partial charge in [-0.25, -0.2) is 4.68 Å². The SMILES string of the molecule is CCCn1nc(C(=O)NNC(=O)[C@@H]2CCCN(C(C)=O)C2)c2ccccc2c1=O. The highest BCUT2D eigenvalue weighted by Crippen LogP contribution is 2.17. The van der Waals surface area contributed by atoms with Crippen LogP contribution in [0.5, 0.6) is 0 Å². The van der Waals surface area contributed by atoms with Crippen LogP contribution in [-0.2, 0) is 16.1 Å². The van der Waals surface area contributed by atoms with E-state index >= 15 is 0 Å². The summed E-state index contributed by atoms with van der Waals surface area (Å²) in [7, 11) is 0. The van der Waals surface area contributed by atoms with E-state index in [1.807, 2.05) is 6.92 Å². The molecule has 0 saturated carbocycles. The number of carbonyl (C=O) groups excluding carboxylic acids is 3. The molecule has 154 valence electrons. The lowest BCUT2D eigenvalue weighted by molar-refractivity contribution is -0.134. The third kappa shape index (κ3) is 4.44. The Hall–Kier alpha value is -3.23. The second-order valence-electron chi connectivity index (χ2n) is 7.17. The Kier molecular flexibility index (Phi) is 6.26. The van der Waals surface area contributed by atoms with Gasteiger partial charge in [0.25, 0.3) is 11.5 Å². The number of aryl methyl sites for hydroxylation is 1. The fraction of sp³-hybridized carbons (Fsp3) is 0.450. The molecule has 1 aliphatic heterocycles. The molecule has 1 saturated heterocycles. The van der Waals surface area contributed by atoms with E-state index in [1.54, 1.807) is 29.2 Å². The Balaban J connectivity index is 1.76. The van der Waals surface area contributed by atoms with E-state index in [0.717, 1.165) is 6.42 Å². The first-order valence-corrected chi connectivity index (χ1v) is 9.78. The van der Waals surface area contributed by atoms with Gasteiger partial charge >= 0.3 is 0 Å². The van der Waals surface area contributed by atoms with Gasteiger partial charge in [0.2, 0.25) is 11.8 Å². The number of aromatic nitrogens is 2. The second kappa shape index (κ2) is 8.85. The minimum atomic E-state index is -0.598. The first-order chi connectivity index (χ1) is 13.9. The molecule has 0 radical (unpaired) electrons. The van der Waals surface area contributed by atoms with E-state index in [-0.39, 0.29) is 29.0 Å². The largest absolute Gasteiger partial charge is 0.342 e. The van der Waals surface area contributed by atoms with Crippen LogP contribution >= 0.6 is 0 Å². The number of likely N-dealkylation sites (tertiary alicyclic amines) is 1. The number of piperidine rings is 1. The van der Waals surface area contributed by atoms with Gasteiger partial charge in [-0.15, -0.1) is 0 Å². The van der Waals surface area contributed by atoms with E-state index in [1.165, 1.54) is 11.6 Å². The van der Waals surface area contributed by atoms with Crippen molar-refractivity contribution in [2.24, 2.45) is 5.92 Å². The van der Waals surface area contributed by atoms with Crippen LogP contribution < -0.4 is 16.4 Å². The number of benzene rings is 1. The van der Waals surface area contributed by atoms with Gasteiger partial charge < -0.3 is 4.90 Å². The van der Waals surface area contributed by atoms with Crippen LogP contribution in [0.4, 0.5) is 0 Å². The predicted octanol–water partition coefficient (Wildman–Crippen LogP) is 0.826. The third-order valence-corrected chi connectivity index (χ3v) is 5.05. The summed E-state index contributed by atoms with van der Waals surface area (Å²) in [5, 5.41) is 5.03. The second-order valence-corrected chi connectivity index (χ2v) is 7.17. The zero-order valence-electron chi connectivity index (χ0n) is 16.6. The van der Waals surface area contributed by atoms with Crippen LogP contribution in [0.3, 0.4) is 0 Å². The zero-order valence-corrected chi connectivity index (χ0v) is 16.6. The van der Waals surface area contributed by atoms with Crippen molar-refractivity contribution < 1.29 is 14.4 Å². The quantitative estimate of drug-likeness (QED) is 0.739. The van der Waals surface area contributed by atoms with Crippen LogP contribution in [0.25, 0.3) is 10.8 Å². The van der Waals surface area contributed by atoms with Crippen LogP contribution in [-0.4, -0.2) is 45.5 Å². The molecule has 0 bridgehead atoms. The molecule has 1 aromatic heterocycles. The number of nitrogens with one attached hydrogen (secondary N) is 2. The van der Waals surface area contributed by atoms with Gasteiger partial charge in [-0.05, 0) is 25.3 Å². The lowest BCUT2D eigenvalue weighted by Crippen LogP contribution is -2.50. The molecule has 29 heavy (non-hydrogen) atoms. The van der Waals surface area contributed by atoms with Gasteiger partial charge in [0.05, 0.1) is 11.3 Å². The van der Waals surface area contributed by atoms with Gasteiger partial charge in [0, 0.05) is 31.9 Å². The summed E-state index contributed by atoms with van der Waals surface area (Å²) in [6.45, 7) is 4.75. The molecule has 2 heterocycles. The van der Waals surface area contributed by atoms with E-state index in [4.69, 9.17) is 0 Å². The topological polar surface area (TPSA) is 113 Å². The minimum absolute atomic E-state index is 0.0691. The standard InChI is InChI=1S/C20H25N5O4/c1-3-10-25-20(29)16-9-5-4-8-15(16)17(23-25)19(28)22-21-18(27)14-7-6-11-24(12-14)13(2)26/h4-5,8-9,14H,3,6-7,10-12H2,1-2H3,(H,21,27)(H,22,28)/t14-/m1/s1. The smallest absolute Gasteiger partial charge is 0.290 e. The summed E-state index contributed by atoms with van der Waals surface area (Å²) in [5.41, 5.74) is 4.66. The molecular formula is C20H25N5O4. The molecular weight excluding hydrogens is 374 g/mol. The first kappa shape index (κ1) is 20.5. The summed E-state index contributed by atoms with van der Waals surface area (Å²) in [6.07, 6.45) is 2.07. The molecule has 9 heteroatoms. The van der Waals surface area contributed by atoms with Crippen LogP contribution in [0.2, 0.25) is 0 Å². The van der Waals surface area contributed by atoms with E-state index < -0.39 is 5.91 Å². The van der Waals surface area contributed by atoms with Crippen molar-refractivity contribution in [3.05, 3.63) is 40.3 Å². The summed E-state index contributed by atoms with van der Waals surface area (Å²) in [4.78, 5) is 50.9. The Morgan fingerprint density at radius 1 is 1.17 bits per heavy atom. The Morgan fingerprint density at radius 3 is 2.59 bits per heavy atom. The molecule has 9 nitrogen and oxygen atoms in total. The van der Waals surface area contributed by atoms with Gasteiger partial charge in [0.15, 0.2) is 5.69 Å². The van der Waals surface area contributed by atoms with Crippen molar-refractivity contribution in [3.63, 3.8) is 0 Å². The number of fused-ring (bicyclic) bond motifs is 1. The number of nitrogens with zero attached hydrogens (tertiary/aromatic N) is 3. The first-order valence-electron chi connectivity index (χ1n) is 9.78. The summed E-state index contributed by atoms with van der Waals surface area (Å²) < 4.78 is 1.27. The number of carbonyl (C=O) groups is 3. The van der Waals surface area contributed by atoms with Gasteiger partial charge in [0.1, 0.15) is 0 Å². The molecule has 3 amide bonds. The van der Waals surface area contributed by atoms with Gasteiger partial charge in [-0.2, -0.15) is 5.10 Å². The molecule has 2 N–H and O–H groups in total. The van der Waals surface area contributed by atoms with Gasteiger partial charge in [-0.3, -0.25) is 30.0 Å². The highest BCUT2D eigenvalue weighted by molar-refractivity contribution is 6.05. The zero-order chi connectivity index (χ0) is 21.0. The van der Waals surface area contributed by atoms with E-state index in [0.29, 0.717) is 43.2 Å². The highest BCUT2D eigenvalue weighted by atomic mass is 16.2. The maximum absolute atomic E-state index is 12.7. The average Bonchev–Trinajstić information content (AvgIpc) is 2.74. The fourth-order valence-corrected chi connectivity index (χ4v) is 3.52. The molecule has 2 aromatic rings. The number of hydrogen-bond acceptors (Lipinski definition) is 5. The van der Waals surface area contributed by atoms with Crippen molar-refractivity contribution in [1.29, 1.82) is 0 Å². The average molecular weight is 399 g/mol. The van der Waals surface area contributed by atoms with Crippen molar-refractivity contribution in [2.75, 3.05) is 13.1 Å². The number of rotatable bonds is 4. The molecule has 1 aromatic carbocycles. The van der Waals surface area contributed by atoms with Crippen molar-refractivity contribution >= 4 is 28.5 Å². The molecule has 1 atom stereocenters. The Morgan fingerprint density at radius 2 is 1.90 bits per heavy atom. The Labute approximate surface area is 168 Å². The Bertz CT molecular complexity index is 1000. The molecule has 0 unspecified atom stereocenters. The van der Waals surface area contributed by atoms with Crippen LogP contribution in [0.1, 0.15) is 43.6 Å². The number of hydrazine groups is 1. The minimum Gasteiger partial charge on any atom is -0.342 e. The lowest BCUT2D eigenvalue weighted by atomic mass is 9.97. The molecule has 3 rings (SSSR count). The van der Waals surface area contributed by atoms with E-state index in [9.17, 15) is 19.2 Å². The van der Waals surface area contributed by atoms with Crippen LogP contribution in [0.15, 0.2) is 29.1 Å². The summed E-state index contributed by atoms with van der Waals surface area (Å²) in [6, 6.07) is 6.76. The lowest BCUT2D eigenvalue weighted by Gasteiger charge is -2.31. The monoisotopic (exact) mass is 399 g/mol. The van der Waals surface area contributed by atoms with Crippen molar-refractivity contribution in [2.45, 2.75) is 39.7 Å². The number of amides is 3. The van der Waals surface area contributed by atoms with Crippen molar-refractivity contribution in [1.82, 2.24) is 25.5 Å². The van der Waals surface area contributed by atoms with Crippen LogP contribution in [0, 0.1) is 5.92 Å². The molecule has 0 spiro atoms. The summed E-state index contributed by atoms with van der Waals surface area (Å²) in [5.74, 6) is -1.40.